The topological polar surface area (TPSA) is 66.5 Å². The molecule has 0 atom stereocenters. The van der Waals surface area contributed by atoms with E-state index in [0.29, 0.717) is 17.8 Å². The van der Waals surface area contributed by atoms with Crippen molar-refractivity contribution >= 4 is 27.3 Å². The molecule has 1 aliphatic rings. The fraction of sp³-hybridized carbons (Fsp3) is 0.208. The zero-order valence-corrected chi connectivity index (χ0v) is 17.9. The van der Waals surface area contributed by atoms with Crippen LogP contribution < -0.4 is 9.62 Å². The highest BCUT2D eigenvalue weighted by molar-refractivity contribution is 7.92. The lowest BCUT2D eigenvalue weighted by molar-refractivity contribution is 0.0985. The number of nitrogens with one attached hydrogen (secondary N) is 1. The number of fused-ring (bicyclic) bond motifs is 1. The number of hydrogen-bond donors (Lipinski definition) is 1. The lowest BCUT2D eigenvalue weighted by Crippen LogP contribution is -2.35. The molecule has 0 radical (unpaired) electrons. The molecular formula is C24H24N2O3S. The first-order valence-corrected chi connectivity index (χ1v) is 11.4. The second kappa shape index (κ2) is 7.95. The van der Waals surface area contributed by atoms with E-state index < -0.39 is 10.0 Å². The van der Waals surface area contributed by atoms with E-state index >= 15 is 0 Å². The maximum absolute atomic E-state index is 13.0. The van der Waals surface area contributed by atoms with Crippen LogP contribution in [-0.2, 0) is 16.4 Å². The van der Waals surface area contributed by atoms with Gasteiger partial charge in [0.2, 0.25) is 0 Å². The van der Waals surface area contributed by atoms with Crippen molar-refractivity contribution in [3.8, 4) is 0 Å². The molecule has 0 fully saturated rings. The standard InChI is InChI=1S/C24H24N2O3S/c1-17-13-18(2)15-21(14-17)25-30(28,29)22-10-11-23-20(16-22)9-6-12-26(23)24(27)19-7-4-3-5-8-19/h3-5,7-8,10-11,13-16,25H,6,9,12H2,1-2H3. The third-order valence-electron chi connectivity index (χ3n) is 5.22. The first kappa shape index (κ1) is 20.2. The van der Waals surface area contributed by atoms with E-state index in [1.807, 2.05) is 50.2 Å². The van der Waals surface area contributed by atoms with Crippen LogP contribution >= 0.6 is 0 Å². The van der Waals surface area contributed by atoms with Gasteiger partial charge in [0.05, 0.1) is 4.90 Å². The van der Waals surface area contributed by atoms with E-state index in [2.05, 4.69) is 4.72 Å². The number of nitrogens with zero attached hydrogens (tertiary/aromatic N) is 1. The minimum atomic E-state index is -3.72. The molecule has 0 aromatic heterocycles. The van der Waals surface area contributed by atoms with Gasteiger partial charge in [0.25, 0.3) is 15.9 Å². The summed E-state index contributed by atoms with van der Waals surface area (Å²) < 4.78 is 28.6. The fourth-order valence-electron chi connectivity index (χ4n) is 3.94. The molecule has 0 spiro atoms. The van der Waals surface area contributed by atoms with Gasteiger partial charge in [-0.1, -0.05) is 24.3 Å². The number of rotatable bonds is 4. The largest absolute Gasteiger partial charge is 0.308 e. The van der Waals surface area contributed by atoms with E-state index in [1.54, 1.807) is 35.2 Å². The van der Waals surface area contributed by atoms with Gasteiger partial charge in [-0.05, 0) is 85.8 Å². The van der Waals surface area contributed by atoms with Gasteiger partial charge in [-0.3, -0.25) is 9.52 Å². The minimum Gasteiger partial charge on any atom is -0.308 e. The van der Waals surface area contributed by atoms with Crippen molar-refractivity contribution in [3.63, 3.8) is 0 Å². The summed E-state index contributed by atoms with van der Waals surface area (Å²) in [6.07, 6.45) is 1.53. The van der Waals surface area contributed by atoms with E-state index in [0.717, 1.165) is 35.2 Å². The van der Waals surface area contributed by atoms with E-state index in [4.69, 9.17) is 0 Å². The molecule has 1 amide bonds. The molecule has 1 heterocycles. The molecule has 0 saturated heterocycles. The van der Waals surface area contributed by atoms with Gasteiger partial charge in [-0.15, -0.1) is 0 Å². The number of amides is 1. The van der Waals surface area contributed by atoms with E-state index in [-0.39, 0.29) is 10.8 Å². The van der Waals surface area contributed by atoms with Crippen LogP contribution in [0.15, 0.2) is 71.6 Å². The third-order valence-corrected chi connectivity index (χ3v) is 6.60. The van der Waals surface area contributed by atoms with Gasteiger partial charge in [0.15, 0.2) is 0 Å². The van der Waals surface area contributed by atoms with Crippen LogP contribution in [-0.4, -0.2) is 20.9 Å². The van der Waals surface area contributed by atoms with E-state index in [9.17, 15) is 13.2 Å². The Morgan fingerprint density at radius 1 is 0.933 bits per heavy atom. The van der Waals surface area contributed by atoms with Gasteiger partial charge in [-0.2, -0.15) is 0 Å². The number of benzene rings is 3. The number of carbonyl (C=O) groups excluding carboxylic acids is 1. The average molecular weight is 421 g/mol. The van der Waals surface area contributed by atoms with Gasteiger partial charge in [0, 0.05) is 23.5 Å². The summed E-state index contributed by atoms with van der Waals surface area (Å²) in [7, 11) is -3.72. The van der Waals surface area contributed by atoms with Crippen molar-refractivity contribution in [1.82, 2.24) is 0 Å². The van der Waals surface area contributed by atoms with Crippen molar-refractivity contribution in [2.75, 3.05) is 16.2 Å². The lowest BCUT2D eigenvalue weighted by Gasteiger charge is -2.30. The molecule has 1 N–H and O–H groups in total. The van der Waals surface area contributed by atoms with Crippen LogP contribution in [0.4, 0.5) is 11.4 Å². The number of sulfonamides is 1. The Balaban J connectivity index is 1.64. The van der Waals surface area contributed by atoms with Crippen molar-refractivity contribution in [2.45, 2.75) is 31.6 Å². The molecule has 30 heavy (non-hydrogen) atoms. The summed E-state index contributed by atoms with van der Waals surface area (Å²) in [5, 5.41) is 0. The average Bonchev–Trinajstić information content (AvgIpc) is 2.72. The van der Waals surface area contributed by atoms with Crippen LogP contribution in [0, 0.1) is 13.8 Å². The second-order valence-corrected chi connectivity index (χ2v) is 9.38. The summed E-state index contributed by atoms with van der Waals surface area (Å²) >= 11 is 0. The SMILES string of the molecule is Cc1cc(C)cc(NS(=O)(=O)c2ccc3c(c2)CCCN3C(=O)c2ccccc2)c1. The molecule has 154 valence electrons. The molecule has 0 bridgehead atoms. The Hall–Kier alpha value is -3.12. The van der Waals surface area contributed by atoms with Crippen molar-refractivity contribution in [2.24, 2.45) is 0 Å². The Morgan fingerprint density at radius 3 is 2.33 bits per heavy atom. The number of hydrogen-bond acceptors (Lipinski definition) is 3. The highest BCUT2D eigenvalue weighted by Gasteiger charge is 2.25. The quantitative estimate of drug-likeness (QED) is 0.665. The Labute approximate surface area is 177 Å². The monoisotopic (exact) mass is 420 g/mol. The van der Waals surface area contributed by atoms with Gasteiger partial charge in [0.1, 0.15) is 0 Å². The molecular weight excluding hydrogens is 396 g/mol. The zero-order valence-electron chi connectivity index (χ0n) is 17.1. The number of carbonyl (C=O) groups is 1. The summed E-state index contributed by atoms with van der Waals surface area (Å²) in [4.78, 5) is 14.9. The normalized spacial score (nSPS) is 13.6. The lowest BCUT2D eigenvalue weighted by atomic mass is 10.0. The molecule has 6 heteroatoms. The smallest absolute Gasteiger partial charge is 0.261 e. The molecule has 3 aromatic carbocycles. The summed E-state index contributed by atoms with van der Waals surface area (Å²) in [5.41, 5.74) is 4.81. The first-order chi connectivity index (χ1) is 14.3. The molecule has 1 aliphatic heterocycles. The Morgan fingerprint density at radius 2 is 1.63 bits per heavy atom. The Bertz CT molecular complexity index is 1180. The maximum atomic E-state index is 13.0. The van der Waals surface area contributed by atoms with Crippen molar-refractivity contribution in [3.05, 3.63) is 89.0 Å². The van der Waals surface area contributed by atoms with Crippen molar-refractivity contribution in [1.29, 1.82) is 0 Å². The van der Waals surface area contributed by atoms with Crippen LogP contribution in [0.25, 0.3) is 0 Å². The predicted molar refractivity (Wildman–Crippen MR) is 120 cm³/mol. The molecule has 0 saturated carbocycles. The molecule has 5 nitrogen and oxygen atoms in total. The molecule has 0 unspecified atom stereocenters. The predicted octanol–water partition coefficient (Wildman–Crippen LogP) is 4.70. The summed E-state index contributed by atoms with van der Waals surface area (Å²) in [6, 6.07) is 19.8. The molecule has 3 aromatic rings. The van der Waals surface area contributed by atoms with Gasteiger partial charge >= 0.3 is 0 Å². The number of anilines is 2. The first-order valence-electron chi connectivity index (χ1n) is 9.94. The molecule has 0 aliphatic carbocycles. The third kappa shape index (κ3) is 4.09. The van der Waals surface area contributed by atoms with E-state index in [1.165, 1.54) is 0 Å². The highest BCUT2D eigenvalue weighted by atomic mass is 32.2. The molecule has 4 rings (SSSR count). The zero-order chi connectivity index (χ0) is 21.3. The van der Waals surface area contributed by atoms with Gasteiger partial charge in [-0.25, -0.2) is 8.42 Å². The summed E-state index contributed by atoms with van der Waals surface area (Å²) in [5.74, 6) is -0.0690. The van der Waals surface area contributed by atoms with Gasteiger partial charge < -0.3 is 4.90 Å². The number of aryl methyl sites for hydroxylation is 3. The van der Waals surface area contributed by atoms with Crippen LogP contribution in [0.3, 0.4) is 0 Å². The maximum Gasteiger partial charge on any atom is 0.261 e. The minimum absolute atomic E-state index is 0.0690. The highest BCUT2D eigenvalue weighted by Crippen LogP contribution is 2.31. The van der Waals surface area contributed by atoms with Crippen LogP contribution in [0.2, 0.25) is 0 Å². The Kier molecular flexibility index (Phi) is 5.35. The van der Waals surface area contributed by atoms with Crippen LogP contribution in [0.5, 0.6) is 0 Å². The fourth-order valence-corrected chi connectivity index (χ4v) is 5.03. The second-order valence-electron chi connectivity index (χ2n) is 7.70. The van der Waals surface area contributed by atoms with Crippen LogP contribution in [0.1, 0.15) is 33.5 Å². The summed E-state index contributed by atoms with van der Waals surface area (Å²) in [6.45, 7) is 4.48. The van der Waals surface area contributed by atoms with Crippen molar-refractivity contribution < 1.29 is 13.2 Å².